The summed E-state index contributed by atoms with van der Waals surface area (Å²) in [6.07, 6.45) is -1.38. The minimum Gasteiger partial charge on any atom is -0.378 e. The average Bonchev–Trinajstić information content (AvgIpc) is 2.47. The summed E-state index contributed by atoms with van der Waals surface area (Å²) in [5.41, 5.74) is 0.188. The third-order valence-corrected chi connectivity index (χ3v) is 2.75. The van der Waals surface area contributed by atoms with Gasteiger partial charge in [0.2, 0.25) is 0 Å². The minimum atomic E-state index is -1.38. The number of nitriles is 1. The number of hydrogen-bond donors (Lipinski definition) is 2. The Hall–Kier alpha value is -2.71. The highest BCUT2D eigenvalue weighted by atomic mass is 19.1. The van der Waals surface area contributed by atoms with Crippen molar-refractivity contribution in [3.05, 3.63) is 65.5 Å². The van der Waals surface area contributed by atoms with Gasteiger partial charge in [0.15, 0.2) is 6.10 Å². The van der Waals surface area contributed by atoms with E-state index in [1.807, 2.05) is 0 Å². The summed E-state index contributed by atoms with van der Waals surface area (Å²) in [7, 11) is 0. The lowest BCUT2D eigenvalue weighted by molar-refractivity contribution is -0.124. The van der Waals surface area contributed by atoms with Crippen molar-refractivity contribution in [3.8, 4) is 6.07 Å². The zero-order chi connectivity index (χ0) is 14.5. The molecular formula is C15H11FN2O2. The maximum Gasteiger partial charge on any atom is 0.257 e. The molecular weight excluding hydrogens is 259 g/mol. The first-order valence-electron chi connectivity index (χ1n) is 5.86. The second-order valence-electron chi connectivity index (χ2n) is 4.08. The number of aliphatic hydroxyl groups is 1. The Morgan fingerprint density at radius 3 is 2.55 bits per heavy atom. The summed E-state index contributed by atoms with van der Waals surface area (Å²) < 4.78 is 13.4. The van der Waals surface area contributed by atoms with Gasteiger partial charge in [0.1, 0.15) is 17.4 Å². The number of carbonyl (C=O) groups is 1. The Kier molecular flexibility index (Phi) is 4.08. The molecule has 0 aliphatic heterocycles. The van der Waals surface area contributed by atoms with Gasteiger partial charge in [-0.15, -0.1) is 0 Å². The molecule has 0 heterocycles. The molecule has 1 amide bonds. The smallest absolute Gasteiger partial charge is 0.257 e. The lowest BCUT2D eigenvalue weighted by Gasteiger charge is -2.12. The van der Waals surface area contributed by atoms with Gasteiger partial charge in [-0.25, -0.2) is 4.39 Å². The standard InChI is InChI=1S/C15H11FN2O2/c16-12-7-4-8-13(11(12)9-17)18-15(20)14(19)10-5-2-1-3-6-10/h1-8,14,19H,(H,18,20). The van der Waals surface area contributed by atoms with Crippen molar-refractivity contribution in [1.29, 1.82) is 5.26 Å². The molecule has 5 heteroatoms. The zero-order valence-corrected chi connectivity index (χ0v) is 10.4. The Balaban J connectivity index is 2.21. The van der Waals surface area contributed by atoms with Crippen molar-refractivity contribution in [2.24, 2.45) is 0 Å². The van der Waals surface area contributed by atoms with Crippen molar-refractivity contribution >= 4 is 11.6 Å². The number of rotatable bonds is 3. The number of hydrogen-bond acceptors (Lipinski definition) is 3. The van der Waals surface area contributed by atoms with Gasteiger partial charge in [0, 0.05) is 0 Å². The largest absolute Gasteiger partial charge is 0.378 e. The first kappa shape index (κ1) is 13.7. The number of benzene rings is 2. The van der Waals surface area contributed by atoms with Gasteiger partial charge in [-0.1, -0.05) is 36.4 Å². The summed E-state index contributed by atoms with van der Waals surface area (Å²) in [6, 6.07) is 13.9. The van der Waals surface area contributed by atoms with Crippen molar-refractivity contribution in [3.63, 3.8) is 0 Å². The van der Waals surface area contributed by atoms with Gasteiger partial charge in [0.25, 0.3) is 5.91 Å². The number of anilines is 1. The van der Waals surface area contributed by atoms with E-state index < -0.39 is 17.8 Å². The number of amides is 1. The molecule has 4 nitrogen and oxygen atoms in total. The molecule has 1 atom stereocenters. The second kappa shape index (κ2) is 5.95. The first-order chi connectivity index (χ1) is 9.63. The van der Waals surface area contributed by atoms with E-state index in [1.165, 1.54) is 12.1 Å². The number of carbonyl (C=O) groups excluding carboxylic acids is 1. The van der Waals surface area contributed by atoms with Gasteiger partial charge < -0.3 is 10.4 Å². The van der Waals surface area contributed by atoms with E-state index in [-0.39, 0.29) is 11.3 Å². The molecule has 0 aliphatic rings. The van der Waals surface area contributed by atoms with Crippen LogP contribution in [0, 0.1) is 17.1 Å². The summed E-state index contributed by atoms with van der Waals surface area (Å²) in [6.45, 7) is 0. The van der Waals surface area contributed by atoms with Crippen LogP contribution in [-0.4, -0.2) is 11.0 Å². The van der Waals surface area contributed by atoms with Gasteiger partial charge in [-0.3, -0.25) is 4.79 Å². The third-order valence-electron chi connectivity index (χ3n) is 2.75. The van der Waals surface area contributed by atoms with Crippen molar-refractivity contribution in [2.45, 2.75) is 6.10 Å². The van der Waals surface area contributed by atoms with Gasteiger partial charge >= 0.3 is 0 Å². The van der Waals surface area contributed by atoms with Crippen molar-refractivity contribution in [1.82, 2.24) is 0 Å². The molecule has 0 saturated heterocycles. The molecule has 1 unspecified atom stereocenters. The average molecular weight is 270 g/mol. The highest BCUT2D eigenvalue weighted by molar-refractivity contribution is 5.95. The van der Waals surface area contributed by atoms with Crippen LogP contribution in [0.5, 0.6) is 0 Å². The first-order valence-corrected chi connectivity index (χ1v) is 5.86. The van der Waals surface area contributed by atoms with Gasteiger partial charge in [-0.05, 0) is 17.7 Å². The predicted octanol–water partition coefficient (Wildman–Crippen LogP) is 2.37. The van der Waals surface area contributed by atoms with E-state index in [1.54, 1.807) is 36.4 Å². The molecule has 0 aliphatic carbocycles. The summed E-state index contributed by atoms with van der Waals surface area (Å²) >= 11 is 0. The van der Waals surface area contributed by atoms with Crippen molar-refractivity contribution < 1.29 is 14.3 Å². The lowest BCUT2D eigenvalue weighted by atomic mass is 10.1. The maximum atomic E-state index is 13.4. The fraction of sp³-hybridized carbons (Fsp3) is 0.0667. The van der Waals surface area contributed by atoms with Crippen molar-refractivity contribution in [2.75, 3.05) is 5.32 Å². The van der Waals surface area contributed by atoms with Crippen LogP contribution in [0.4, 0.5) is 10.1 Å². The van der Waals surface area contributed by atoms with Crippen LogP contribution in [0.1, 0.15) is 17.2 Å². The van der Waals surface area contributed by atoms with Crippen LogP contribution in [0.3, 0.4) is 0 Å². The zero-order valence-electron chi connectivity index (χ0n) is 10.4. The Morgan fingerprint density at radius 1 is 1.20 bits per heavy atom. The molecule has 0 spiro atoms. The van der Waals surface area contributed by atoms with E-state index in [4.69, 9.17) is 5.26 Å². The van der Waals surface area contributed by atoms with E-state index in [9.17, 15) is 14.3 Å². The van der Waals surface area contributed by atoms with Crippen LogP contribution >= 0.6 is 0 Å². The summed E-state index contributed by atoms with van der Waals surface area (Å²) in [5, 5.41) is 21.1. The van der Waals surface area contributed by atoms with Gasteiger partial charge in [-0.2, -0.15) is 5.26 Å². The highest BCUT2D eigenvalue weighted by Crippen LogP contribution is 2.20. The Morgan fingerprint density at radius 2 is 1.90 bits per heavy atom. The fourth-order valence-electron chi connectivity index (χ4n) is 1.73. The number of aliphatic hydroxyl groups excluding tert-OH is 1. The Labute approximate surface area is 115 Å². The summed E-state index contributed by atoms with van der Waals surface area (Å²) in [5.74, 6) is -1.45. The monoisotopic (exact) mass is 270 g/mol. The summed E-state index contributed by atoms with van der Waals surface area (Å²) in [4.78, 5) is 11.9. The van der Waals surface area contributed by atoms with Crippen LogP contribution < -0.4 is 5.32 Å². The molecule has 100 valence electrons. The number of nitrogens with zero attached hydrogens (tertiary/aromatic N) is 1. The normalized spacial score (nSPS) is 11.4. The van der Waals surface area contributed by atoms with E-state index >= 15 is 0 Å². The second-order valence-corrected chi connectivity index (χ2v) is 4.08. The molecule has 2 N–H and O–H groups in total. The minimum absolute atomic E-state index is 0.0347. The molecule has 20 heavy (non-hydrogen) atoms. The molecule has 0 bridgehead atoms. The molecule has 0 radical (unpaired) electrons. The van der Waals surface area contributed by atoms with Gasteiger partial charge in [0.05, 0.1) is 5.69 Å². The van der Waals surface area contributed by atoms with E-state index in [2.05, 4.69) is 5.32 Å². The SMILES string of the molecule is N#Cc1c(F)cccc1NC(=O)C(O)c1ccccc1. The van der Waals surface area contributed by atoms with E-state index in [0.29, 0.717) is 5.56 Å². The molecule has 2 rings (SSSR count). The lowest BCUT2D eigenvalue weighted by Crippen LogP contribution is -2.21. The van der Waals surface area contributed by atoms with E-state index in [0.717, 1.165) is 6.07 Å². The molecule has 0 fully saturated rings. The predicted molar refractivity (Wildman–Crippen MR) is 71.1 cm³/mol. The Bertz CT molecular complexity index is 665. The molecule has 2 aromatic rings. The van der Waals surface area contributed by atoms with Crippen LogP contribution in [0.2, 0.25) is 0 Å². The quantitative estimate of drug-likeness (QED) is 0.899. The highest BCUT2D eigenvalue weighted by Gasteiger charge is 2.19. The molecule has 0 aromatic heterocycles. The fourth-order valence-corrected chi connectivity index (χ4v) is 1.73. The number of nitrogens with one attached hydrogen (secondary N) is 1. The maximum absolute atomic E-state index is 13.4. The topological polar surface area (TPSA) is 73.1 Å². The van der Waals surface area contributed by atoms with Crippen LogP contribution in [0.25, 0.3) is 0 Å². The third kappa shape index (κ3) is 2.82. The molecule has 0 saturated carbocycles. The van der Waals surface area contributed by atoms with Crippen LogP contribution in [0.15, 0.2) is 48.5 Å². The van der Waals surface area contributed by atoms with Crippen LogP contribution in [-0.2, 0) is 4.79 Å². The number of halogens is 1. The molecule has 2 aromatic carbocycles.